The molecule has 5 heteroatoms. The minimum atomic E-state index is -0.763. The smallest absolute Gasteiger partial charge is 0.302 e. The van der Waals surface area contributed by atoms with Crippen molar-refractivity contribution in [2.45, 2.75) is 26.9 Å². The van der Waals surface area contributed by atoms with Crippen LogP contribution in [0.1, 0.15) is 32.4 Å². The van der Waals surface area contributed by atoms with Crippen molar-refractivity contribution in [3.8, 4) is 11.5 Å². The molecule has 1 N–H and O–H groups in total. The zero-order valence-corrected chi connectivity index (χ0v) is 11.3. The molecule has 0 fully saturated rings. The zero-order chi connectivity index (χ0) is 14.0. The predicted molar refractivity (Wildman–Crippen MR) is 67.9 cm³/mol. The van der Waals surface area contributed by atoms with Crippen molar-refractivity contribution in [2.75, 3.05) is 13.4 Å². The summed E-state index contributed by atoms with van der Waals surface area (Å²) in [6.45, 7) is 5.38. The second-order valence-corrected chi connectivity index (χ2v) is 5.28. The molecule has 1 heterocycles. The molecule has 1 aliphatic heterocycles. The van der Waals surface area contributed by atoms with Crippen molar-refractivity contribution < 1.29 is 24.1 Å². The lowest BCUT2D eigenvalue weighted by molar-refractivity contribution is -0.146. The summed E-state index contributed by atoms with van der Waals surface area (Å²) >= 11 is 0. The largest absolute Gasteiger partial charge is 0.465 e. The molecule has 1 aromatic rings. The van der Waals surface area contributed by atoms with Gasteiger partial charge in [-0.1, -0.05) is 19.9 Å². The van der Waals surface area contributed by atoms with Crippen LogP contribution in [0.15, 0.2) is 18.2 Å². The lowest BCUT2D eigenvalue weighted by Gasteiger charge is -2.30. The van der Waals surface area contributed by atoms with Crippen LogP contribution in [0.5, 0.6) is 11.5 Å². The molecule has 0 aliphatic carbocycles. The van der Waals surface area contributed by atoms with Gasteiger partial charge in [0.25, 0.3) is 0 Å². The van der Waals surface area contributed by atoms with Gasteiger partial charge >= 0.3 is 5.97 Å². The van der Waals surface area contributed by atoms with Gasteiger partial charge in [-0.2, -0.15) is 0 Å². The molecule has 2 rings (SSSR count). The monoisotopic (exact) mass is 266 g/mol. The lowest BCUT2D eigenvalue weighted by atomic mass is 9.83. The Labute approximate surface area is 112 Å². The van der Waals surface area contributed by atoms with Crippen molar-refractivity contribution in [3.05, 3.63) is 23.8 Å². The van der Waals surface area contributed by atoms with Gasteiger partial charge < -0.3 is 19.3 Å². The van der Waals surface area contributed by atoms with Crippen LogP contribution < -0.4 is 9.47 Å². The first-order valence-electron chi connectivity index (χ1n) is 6.11. The summed E-state index contributed by atoms with van der Waals surface area (Å²) in [6, 6.07) is 5.30. The normalized spacial score (nSPS) is 15.2. The van der Waals surface area contributed by atoms with Gasteiger partial charge in [-0.25, -0.2) is 0 Å². The van der Waals surface area contributed by atoms with E-state index >= 15 is 0 Å². The van der Waals surface area contributed by atoms with Crippen LogP contribution >= 0.6 is 0 Å². The highest BCUT2D eigenvalue weighted by Gasteiger charge is 2.31. The molecule has 0 bridgehead atoms. The van der Waals surface area contributed by atoms with Gasteiger partial charge in [0.15, 0.2) is 11.5 Å². The molecule has 0 amide bonds. The van der Waals surface area contributed by atoms with Crippen LogP contribution in [0, 0.1) is 5.41 Å². The maximum Gasteiger partial charge on any atom is 0.302 e. The predicted octanol–water partition coefficient (Wildman–Crippen LogP) is 2.04. The fraction of sp³-hybridized carbons (Fsp3) is 0.500. The van der Waals surface area contributed by atoms with Crippen molar-refractivity contribution >= 4 is 5.97 Å². The molecular formula is C14H18O5. The highest BCUT2D eigenvalue weighted by molar-refractivity contribution is 5.65. The lowest BCUT2D eigenvalue weighted by Crippen LogP contribution is -2.28. The molecule has 19 heavy (non-hydrogen) atoms. The summed E-state index contributed by atoms with van der Waals surface area (Å²) in [5.41, 5.74) is 0.126. The summed E-state index contributed by atoms with van der Waals surface area (Å²) in [5.74, 6) is 0.944. The Hall–Kier alpha value is -1.75. The van der Waals surface area contributed by atoms with Crippen LogP contribution in [-0.4, -0.2) is 24.5 Å². The average molecular weight is 266 g/mol. The number of hydrogen-bond acceptors (Lipinski definition) is 5. The standard InChI is InChI=1S/C14H18O5/c1-9(15)17-7-14(2,3)13(16)10-4-5-11-12(6-10)19-8-18-11/h4-6,13,16H,7-8H2,1-3H3/t13-/m0/s1. The van der Waals surface area contributed by atoms with E-state index < -0.39 is 11.5 Å². The van der Waals surface area contributed by atoms with E-state index in [1.807, 2.05) is 13.8 Å². The zero-order valence-electron chi connectivity index (χ0n) is 11.3. The van der Waals surface area contributed by atoms with Gasteiger partial charge in [0.1, 0.15) is 0 Å². The number of rotatable bonds is 4. The highest BCUT2D eigenvalue weighted by atomic mass is 16.7. The number of fused-ring (bicyclic) bond motifs is 1. The van der Waals surface area contributed by atoms with Gasteiger partial charge in [0, 0.05) is 12.3 Å². The number of aliphatic hydroxyl groups excluding tert-OH is 1. The number of aliphatic hydroxyl groups is 1. The Kier molecular flexibility index (Phi) is 3.66. The average Bonchev–Trinajstić information content (AvgIpc) is 2.82. The number of ether oxygens (including phenoxy) is 3. The Morgan fingerprint density at radius 2 is 2.11 bits per heavy atom. The van der Waals surface area contributed by atoms with E-state index in [-0.39, 0.29) is 19.4 Å². The molecular weight excluding hydrogens is 248 g/mol. The fourth-order valence-electron chi connectivity index (χ4n) is 1.90. The fourth-order valence-corrected chi connectivity index (χ4v) is 1.90. The van der Waals surface area contributed by atoms with E-state index in [2.05, 4.69) is 0 Å². The molecule has 5 nitrogen and oxygen atoms in total. The van der Waals surface area contributed by atoms with E-state index in [4.69, 9.17) is 14.2 Å². The Morgan fingerprint density at radius 1 is 1.42 bits per heavy atom. The number of hydrogen-bond donors (Lipinski definition) is 1. The van der Waals surface area contributed by atoms with Crippen LogP contribution in [0.25, 0.3) is 0 Å². The first-order valence-corrected chi connectivity index (χ1v) is 6.11. The molecule has 0 saturated carbocycles. The molecule has 1 aliphatic rings. The van der Waals surface area contributed by atoms with E-state index in [9.17, 15) is 9.90 Å². The third kappa shape index (κ3) is 2.98. The molecule has 0 radical (unpaired) electrons. The van der Waals surface area contributed by atoms with E-state index in [0.29, 0.717) is 17.1 Å². The first kappa shape index (κ1) is 13.7. The van der Waals surface area contributed by atoms with Crippen molar-refractivity contribution in [2.24, 2.45) is 5.41 Å². The second-order valence-electron chi connectivity index (χ2n) is 5.28. The molecule has 0 unspecified atom stereocenters. The maximum atomic E-state index is 10.9. The number of carbonyl (C=O) groups excluding carboxylic acids is 1. The maximum absolute atomic E-state index is 10.9. The molecule has 1 aromatic carbocycles. The minimum absolute atomic E-state index is 0.151. The van der Waals surface area contributed by atoms with Gasteiger partial charge in [0.05, 0.1) is 12.7 Å². The summed E-state index contributed by atoms with van der Waals surface area (Å²) in [5, 5.41) is 10.4. The van der Waals surface area contributed by atoms with Gasteiger partial charge in [-0.3, -0.25) is 4.79 Å². The van der Waals surface area contributed by atoms with Crippen molar-refractivity contribution in [3.63, 3.8) is 0 Å². The van der Waals surface area contributed by atoms with Crippen molar-refractivity contribution in [1.29, 1.82) is 0 Å². The summed E-state index contributed by atoms with van der Waals surface area (Å²) in [7, 11) is 0. The quantitative estimate of drug-likeness (QED) is 0.845. The summed E-state index contributed by atoms with van der Waals surface area (Å²) in [6.07, 6.45) is -0.763. The number of carbonyl (C=O) groups is 1. The van der Waals surface area contributed by atoms with Crippen LogP contribution in [0.4, 0.5) is 0 Å². The van der Waals surface area contributed by atoms with Crippen molar-refractivity contribution in [1.82, 2.24) is 0 Å². The Morgan fingerprint density at radius 3 is 2.79 bits per heavy atom. The van der Waals surface area contributed by atoms with Crippen LogP contribution in [0.2, 0.25) is 0 Å². The summed E-state index contributed by atoms with van der Waals surface area (Å²) in [4.78, 5) is 10.9. The second kappa shape index (κ2) is 5.09. The molecule has 0 saturated heterocycles. The molecule has 0 spiro atoms. The van der Waals surface area contributed by atoms with E-state index in [0.717, 1.165) is 0 Å². The molecule has 1 atom stereocenters. The molecule has 104 valence electrons. The minimum Gasteiger partial charge on any atom is -0.465 e. The van der Waals surface area contributed by atoms with Gasteiger partial charge in [0.2, 0.25) is 6.79 Å². The van der Waals surface area contributed by atoms with Crippen LogP contribution in [0.3, 0.4) is 0 Å². The van der Waals surface area contributed by atoms with Gasteiger partial charge in [-0.15, -0.1) is 0 Å². The Bertz CT molecular complexity index is 481. The molecule has 0 aromatic heterocycles. The third-order valence-corrected chi connectivity index (χ3v) is 3.10. The number of benzene rings is 1. The van der Waals surface area contributed by atoms with Gasteiger partial charge in [-0.05, 0) is 17.7 Å². The first-order chi connectivity index (χ1) is 8.90. The van der Waals surface area contributed by atoms with E-state index in [1.54, 1.807) is 18.2 Å². The van der Waals surface area contributed by atoms with Crippen LogP contribution in [-0.2, 0) is 9.53 Å². The summed E-state index contributed by atoms with van der Waals surface area (Å²) < 4.78 is 15.5. The SMILES string of the molecule is CC(=O)OCC(C)(C)[C@@H](O)c1ccc2c(c1)OCO2. The Balaban J connectivity index is 2.14. The topological polar surface area (TPSA) is 65.0 Å². The third-order valence-electron chi connectivity index (χ3n) is 3.10. The highest BCUT2D eigenvalue weighted by Crippen LogP contribution is 2.39. The van der Waals surface area contributed by atoms with E-state index in [1.165, 1.54) is 6.92 Å². The number of esters is 1.